The number of esters is 1. The second kappa shape index (κ2) is 6.40. The standard InChI is InChI=1S/C13H22N4O3/c1-6-9-15-10(13(19)20-7-2)11(14)17(9)8(3)12(18)16(4)5/h8H,6-7,14H2,1-5H3. The highest BCUT2D eigenvalue weighted by atomic mass is 16.5. The molecule has 1 amide bonds. The Labute approximate surface area is 118 Å². The number of nitrogen functional groups attached to an aromatic ring is 1. The zero-order valence-electron chi connectivity index (χ0n) is 12.6. The number of hydrogen-bond acceptors (Lipinski definition) is 5. The number of carbonyl (C=O) groups excluding carboxylic acids is 2. The van der Waals surface area contributed by atoms with Crippen molar-refractivity contribution in [2.24, 2.45) is 0 Å². The largest absolute Gasteiger partial charge is 0.461 e. The van der Waals surface area contributed by atoms with E-state index in [4.69, 9.17) is 10.5 Å². The molecular formula is C13H22N4O3. The highest BCUT2D eigenvalue weighted by Gasteiger charge is 2.27. The number of rotatable bonds is 5. The van der Waals surface area contributed by atoms with Crippen LogP contribution in [0.5, 0.6) is 0 Å². The van der Waals surface area contributed by atoms with Gasteiger partial charge in [0.05, 0.1) is 6.61 Å². The number of anilines is 1. The van der Waals surface area contributed by atoms with Gasteiger partial charge in [0, 0.05) is 20.5 Å². The van der Waals surface area contributed by atoms with Crippen LogP contribution in [0.2, 0.25) is 0 Å². The average Bonchev–Trinajstić information content (AvgIpc) is 2.74. The van der Waals surface area contributed by atoms with Crippen molar-refractivity contribution in [1.82, 2.24) is 14.5 Å². The molecule has 1 aromatic rings. The van der Waals surface area contributed by atoms with Gasteiger partial charge in [-0.15, -0.1) is 0 Å². The van der Waals surface area contributed by atoms with Crippen molar-refractivity contribution >= 4 is 17.7 Å². The third-order valence-corrected chi connectivity index (χ3v) is 2.99. The van der Waals surface area contributed by atoms with Crippen LogP contribution in [0.1, 0.15) is 43.1 Å². The summed E-state index contributed by atoms with van der Waals surface area (Å²) in [7, 11) is 3.34. The first kappa shape index (κ1) is 16.0. The maximum Gasteiger partial charge on any atom is 0.360 e. The van der Waals surface area contributed by atoms with Crippen LogP contribution >= 0.6 is 0 Å². The topological polar surface area (TPSA) is 90.4 Å². The lowest BCUT2D eigenvalue weighted by Gasteiger charge is -2.20. The molecule has 0 spiro atoms. The van der Waals surface area contributed by atoms with Gasteiger partial charge in [-0.05, 0) is 13.8 Å². The maximum absolute atomic E-state index is 12.1. The summed E-state index contributed by atoms with van der Waals surface area (Å²) in [4.78, 5) is 29.6. The quantitative estimate of drug-likeness (QED) is 0.809. The van der Waals surface area contributed by atoms with Crippen molar-refractivity contribution in [3.05, 3.63) is 11.5 Å². The molecule has 0 aliphatic rings. The van der Waals surface area contributed by atoms with Crippen molar-refractivity contribution in [3.8, 4) is 0 Å². The fraction of sp³-hybridized carbons (Fsp3) is 0.615. The number of nitrogens with zero attached hydrogens (tertiary/aromatic N) is 3. The van der Waals surface area contributed by atoms with E-state index in [9.17, 15) is 9.59 Å². The zero-order valence-corrected chi connectivity index (χ0v) is 12.6. The van der Waals surface area contributed by atoms with E-state index >= 15 is 0 Å². The van der Waals surface area contributed by atoms with Gasteiger partial charge in [0.25, 0.3) is 0 Å². The van der Waals surface area contributed by atoms with Crippen molar-refractivity contribution in [1.29, 1.82) is 0 Å². The SMILES string of the molecule is CCOC(=O)c1nc(CC)n(C(C)C(=O)N(C)C)c1N. The van der Waals surface area contributed by atoms with E-state index in [1.165, 1.54) is 4.90 Å². The number of imidazole rings is 1. The number of aryl methyl sites for hydroxylation is 1. The van der Waals surface area contributed by atoms with Crippen LogP contribution < -0.4 is 5.73 Å². The fourth-order valence-corrected chi connectivity index (χ4v) is 2.01. The Bertz CT molecular complexity index is 508. The Kier molecular flexibility index (Phi) is 5.12. The second-order valence-corrected chi connectivity index (χ2v) is 4.61. The predicted octanol–water partition coefficient (Wildman–Crippen LogP) is 0.854. The van der Waals surface area contributed by atoms with E-state index in [0.29, 0.717) is 12.2 Å². The third kappa shape index (κ3) is 2.92. The minimum atomic E-state index is -0.567. The number of hydrogen-bond donors (Lipinski definition) is 1. The predicted molar refractivity (Wildman–Crippen MR) is 75.4 cm³/mol. The van der Waals surface area contributed by atoms with Gasteiger partial charge in [-0.3, -0.25) is 4.79 Å². The Morgan fingerprint density at radius 2 is 2.00 bits per heavy atom. The minimum Gasteiger partial charge on any atom is -0.461 e. The molecular weight excluding hydrogens is 260 g/mol. The second-order valence-electron chi connectivity index (χ2n) is 4.61. The summed E-state index contributed by atoms with van der Waals surface area (Å²) in [5.41, 5.74) is 6.05. The van der Waals surface area contributed by atoms with Crippen LogP contribution in [0.4, 0.5) is 5.82 Å². The molecule has 112 valence electrons. The van der Waals surface area contributed by atoms with E-state index in [2.05, 4.69) is 4.98 Å². The molecule has 1 unspecified atom stereocenters. The molecule has 0 fully saturated rings. The van der Waals surface area contributed by atoms with Crippen molar-refractivity contribution in [3.63, 3.8) is 0 Å². The summed E-state index contributed by atoms with van der Waals surface area (Å²) in [5.74, 6) is 0.0819. The first-order chi connectivity index (χ1) is 9.34. The summed E-state index contributed by atoms with van der Waals surface area (Å²) in [6, 6.07) is -0.518. The average molecular weight is 282 g/mol. The molecule has 7 heteroatoms. The lowest BCUT2D eigenvalue weighted by atomic mass is 10.2. The molecule has 20 heavy (non-hydrogen) atoms. The number of carbonyl (C=O) groups is 2. The van der Waals surface area contributed by atoms with Crippen LogP contribution in [0.25, 0.3) is 0 Å². The number of ether oxygens (including phenoxy) is 1. The van der Waals surface area contributed by atoms with Gasteiger partial charge in [0.2, 0.25) is 5.91 Å². The van der Waals surface area contributed by atoms with Gasteiger partial charge in [-0.25, -0.2) is 9.78 Å². The van der Waals surface area contributed by atoms with Gasteiger partial charge in [0.15, 0.2) is 5.69 Å². The van der Waals surface area contributed by atoms with E-state index in [0.717, 1.165) is 0 Å². The molecule has 1 rings (SSSR count). The third-order valence-electron chi connectivity index (χ3n) is 2.99. The van der Waals surface area contributed by atoms with Crippen LogP contribution in [0.15, 0.2) is 0 Å². The van der Waals surface area contributed by atoms with E-state index < -0.39 is 12.0 Å². The van der Waals surface area contributed by atoms with E-state index in [1.807, 2.05) is 6.92 Å². The smallest absolute Gasteiger partial charge is 0.360 e. The molecule has 1 aromatic heterocycles. The zero-order chi connectivity index (χ0) is 15.4. The van der Waals surface area contributed by atoms with E-state index in [-0.39, 0.29) is 24.0 Å². The molecule has 0 aromatic carbocycles. The van der Waals surface area contributed by atoms with Gasteiger partial charge in [0.1, 0.15) is 17.7 Å². The molecule has 0 saturated heterocycles. The molecule has 0 aliphatic carbocycles. The summed E-state index contributed by atoms with van der Waals surface area (Å²) < 4.78 is 6.51. The Balaban J connectivity index is 3.26. The Morgan fingerprint density at radius 1 is 1.40 bits per heavy atom. The van der Waals surface area contributed by atoms with Crippen LogP contribution in [0.3, 0.4) is 0 Å². The van der Waals surface area contributed by atoms with Crippen molar-refractivity contribution < 1.29 is 14.3 Å². The number of amides is 1. The molecule has 0 radical (unpaired) electrons. The molecule has 2 N–H and O–H groups in total. The van der Waals surface area contributed by atoms with Gasteiger partial charge in [-0.1, -0.05) is 6.92 Å². The number of aromatic nitrogens is 2. The summed E-state index contributed by atoms with van der Waals surface area (Å²) in [5, 5.41) is 0. The molecule has 0 aliphatic heterocycles. The number of nitrogens with two attached hydrogens (primary N) is 1. The fourth-order valence-electron chi connectivity index (χ4n) is 2.01. The maximum atomic E-state index is 12.1. The van der Waals surface area contributed by atoms with Gasteiger partial charge in [-0.2, -0.15) is 0 Å². The first-order valence-electron chi connectivity index (χ1n) is 6.59. The van der Waals surface area contributed by atoms with Crippen molar-refractivity contribution in [2.75, 3.05) is 26.4 Å². The first-order valence-corrected chi connectivity index (χ1v) is 6.59. The van der Waals surface area contributed by atoms with Gasteiger partial charge < -0.3 is 19.9 Å². The van der Waals surface area contributed by atoms with Crippen molar-refractivity contribution in [2.45, 2.75) is 33.2 Å². The van der Waals surface area contributed by atoms with Crippen LogP contribution in [-0.4, -0.2) is 47.0 Å². The normalized spacial score (nSPS) is 12.1. The lowest BCUT2D eigenvalue weighted by Crippen LogP contribution is -2.31. The minimum absolute atomic E-state index is 0.0714. The summed E-state index contributed by atoms with van der Waals surface area (Å²) >= 11 is 0. The Morgan fingerprint density at radius 3 is 2.45 bits per heavy atom. The van der Waals surface area contributed by atoms with Crippen LogP contribution in [-0.2, 0) is 16.0 Å². The van der Waals surface area contributed by atoms with E-state index in [1.54, 1.807) is 32.5 Å². The highest BCUT2D eigenvalue weighted by molar-refractivity contribution is 5.93. The molecule has 7 nitrogen and oxygen atoms in total. The highest BCUT2D eigenvalue weighted by Crippen LogP contribution is 2.22. The summed E-state index contributed by atoms with van der Waals surface area (Å²) in [6.07, 6.45) is 0.564. The molecule has 1 heterocycles. The van der Waals surface area contributed by atoms with Crippen LogP contribution in [0, 0.1) is 0 Å². The molecule has 0 bridgehead atoms. The molecule has 1 atom stereocenters. The summed E-state index contributed by atoms with van der Waals surface area (Å²) in [6.45, 7) is 5.58. The lowest BCUT2D eigenvalue weighted by molar-refractivity contribution is -0.131. The van der Waals surface area contributed by atoms with Gasteiger partial charge >= 0.3 is 5.97 Å². The molecule has 0 saturated carbocycles. The number of likely N-dealkylation sites (N-methyl/N-ethyl adjacent to an activating group) is 1. The Hall–Kier alpha value is -2.05. The monoisotopic (exact) mass is 282 g/mol.